The minimum Gasteiger partial charge on any atom is -0.431 e. The Morgan fingerprint density at radius 3 is 2.07 bits per heavy atom. The molecule has 0 aliphatic heterocycles. The standard InChI is InChI=1S/C8H5F5O2/c9-4-2-1-3-5(14-7(10)11)6(4)15-8(12)13/h1-3,7-8H. The molecule has 0 saturated carbocycles. The van der Waals surface area contributed by atoms with E-state index in [2.05, 4.69) is 9.47 Å². The highest BCUT2D eigenvalue weighted by Crippen LogP contribution is 2.32. The van der Waals surface area contributed by atoms with Gasteiger partial charge in [0.15, 0.2) is 11.6 Å². The SMILES string of the molecule is Fc1cccc(OC(F)F)c1OC(F)F. The number of ether oxygens (including phenoxy) is 2. The zero-order valence-electron chi connectivity index (χ0n) is 7.09. The lowest BCUT2D eigenvalue weighted by atomic mass is 10.3. The van der Waals surface area contributed by atoms with Gasteiger partial charge < -0.3 is 9.47 Å². The number of rotatable bonds is 4. The van der Waals surface area contributed by atoms with Crippen molar-refractivity contribution in [3.63, 3.8) is 0 Å². The van der Waals surface area contributed by atoms with E-state index in [9.17, 15) is 22.0 Å². The van der Waals surface area contributed by atoms with E-state index in [0.29, 0.717) is 0 Å². The molecule has 0 spiro atoms. The van der Waals surface area contributed by atoms with Gasteiger partial charge in [0.1, 0.15) is 0 Å². The summed E-state index contributed by atoms with van der Waals surface area (Å²) < 4.78 is 67.5. The fraction of sp³-hybridized carbons (Fsp3) is 0.250. The smallest absolute Gasteiger partial charge is 0.387 e. The molecule has 0 aliphatic rings. The quantitative estimate of drug-likeness (QED) is 0.737. The topological polar surface area (TPSA) is 18.5 Å². The average molecular weight is 228 g/mol. The van der Waals surface area contributed by atoms with Gasteiger partial charge in [-0.25, -0.2) is 4.39 Å². The van der Waals surface area contributed by atoms with Crippen LogP contribution in [0, 0.1) is 5.82 Å². The first kappa shape index (κ1) is 11.5. The maximum Gasteiger partial charge on any atom is 0.387 e. The average Bonchev–Trinajstić information content (AvgIpc) is 2.09. The molecule has 0 bridgehead atoms. The monoisotopic (exact) mass is 228 g/mol. The maximum absolute atomic E-state index is 12.9. The molecule has 0 N–H and O–H groups in total. The second-order valence-electron chi connectivity index (χ2n) is 2.32. The van der Waals surface area contributed by atoms with E-state index in [1.165, 1.54) is 0 Å². The zero-order chi connectivity index (χ0) is 11.4. The van der Waals surface area contributed by atoms with Crippen LogP contribution in [0.25, 0.3) is 0 Å². The van der Waals surface area contributed by atoms with E-state index in [1.807, 2.05) is 0 Å². The Bertz CT molecular complexity index is 329. The summed E-state index contributed by atoms with van der Waals surface area (Å²) in [4.78, 5) is 0. The van der Waals surface area contributed by atoms with Crippen molar-refractivity contribution in [2.75, 3.05) is 0 Å². The van der Waals surface area contributed by atoms with Crippen LogP contribution in [0.3, 0.4) is 0 Å². The van der Waals surface area contributed by atoms with Gasteiger partial charge in [0.05, 0.1) is 0 Å². The van der Waals surface area contributed by atoms with Gasteiger partial charge in [-0.3, -0.25) is 0 Å². The number of hydrogen-bond donors (Lipinski definition) is 0. The minimum atomic E-state index is -3.32. The summed E-state index contributed by atoms with van der Waals surface area (Å²) in [5, 5.41) is 0. The molecule has 0 atom stereocenters. The Kier molecular flexibility index (Phi) is 3.70. The number of halogens is 5. The fourth-order valence-electron chi connectivity index (χ4n) is 0.881. The van der Waals surface area contributed by atoms with Gasteiger partial charge in [-0.15, -0.1) is 0 Å². The highest BCUT2D eigenvalue weighted by molar-refractivity contribution is 5.40. The summed E-state index contributed by atoms with van der Waals surface area (Å²) >= 11 is 0. The third-order valence-electron chi connectivity index (χ3n) is 1.35. The van der Waals surface area contributed by atoms with Crippen LogP contribution in [0.2, 0.25) is 0 Å². The molecule has 0 aromatic heterocycles. The van der Waals surface area contributed by atoms with E-state index in [-0.39, 0.29) is 0 Å². The Hall–Kier alpha value is -1.53. The molecule has 0 aliphatic carbocycles. The summed E-state index contributed by atoms with van der Waals surface area (Å²) in [5.41, 5.74) is 0. The van der Waals surface area contributed by atoms with Crippen LogP contribution in [0.4, 0.5) is 22.0 Å². The van der Waals surface area contributed by atoms with Crippen molar-refractivity contribution in [1.29, 1.82) is 0 Å². The summed E-state index contributed by atoms with van der Waals surface area (Å²) in [5.74, 6) is -3.01. The first-order chi connectivity index (χ1) is 7.00. The van der Waals surface area contributed by atoms with E-state index in [0.717, 1.165) is 18.2 Å². The number of para-hydroxylation sites is 1. The van der Waals surface area contributed by atoms with Crippen LogP contribution in [0.5, 0.6) is 11.5 Å². The molecule has 0 fully saturated rings. The lowest BCUT2D eigenvalue weighted by molar-refractivity contribution is -0.0709. The maximum atomic E-state index is 12.9. The summed E-state index contributed by atoms with van der Waals surface area (Å²) in [7, 11) is 0. The first-order valence-corrected chi connectivity index (χ1v) is 3.69. The first-order valence-electron chi connectivity index (χ1n) is 3.69. The van der Waals surface area contributed by atoms with Crippen LogP contribution in [-0.4, -0.2) is 13.2 Å². The Balaban J connectivity index is 2.97. The predicted octanol–water partition coefficient (Wildman–Crippen LogP) is 3.03. The number of alkyl halides is 4. The summed E-state index contributed by atoms with van der Waals surface area (Å²) in [6.45, 7) is -6.56. The van der Waals surface area contributed by atoms with Crippen LogP contribution in [0.15, 0.2) is 18.2 Å². The van der Waals surface area contributed by atoms with E-state index in [4.69, 9.17) is 0 Å². The lowest BCUT2D eigenvalue weighted by Gasteiger charge is -2.11. The van der Waals surface area contributed by atoms with Gasteiger partial charge in [0, 0.05) is 0 Å². The molecular weight excluding hydrogens is 223 g/mol. The Labute approximate surface area is 81.2 Å². The van der Waals surface area contributed by atoms with E-state index >= 15 is 0 Å². The van der Waals surface area contributed by atoms with E-state index < -0.39 is 30.5 Å². The lowest BCUT2D eigenvalue weighted by Crippen LogP contribution is -2.08. The van der Waals surface area contributed by atoms with Crippen molar-refractivity contribution < 1.29 is 31.4 Å². The molecule has 0 radical (unpaired) electrons. The molecule has 0 amide bonds. The molecule has 0 unspecified atom stereocenters. The molecule has 15 heavy (non-hydrogen) atoms. The van der Waals surface area contributed by atoms with Crippen molar-refractivity contribution in [3.8, 4) is 11.5 Å². The molecule has 7 heteroatoms. The molecule has 1 aromatic rings. The largest absolute Gasteiger partial charge is 0.431 e. The third-order valence-corrected chi connectivity index (χ3v) is 1.35. The Morgan fingerprint density at radius 2 is 1.53 bits per heavy atom. The van der Waals surface area contributed by atoms with Crippen LogP contribution in [-0.2, 0) is 0 Å². The van der Waals surface area contributed by atoms with Crippen LogP contribution in [0.1, 0.15) is 0 Å². The van der Waals surface area contributed by atoms with Gasteiger partial charge in [-0.1, -0.05) is 6.07 Å². The molecule has 1 aromatic carbocycles. The number of benzene rings is 1. The second kappa shape index (κ2) is 4.81. The molecule has 0 saturated heterocycles. The Morgan fingerprint density at radius 1 is 0.933 bits per heavy atom. The minimum absolute atomic E-state index is 0.773. The molecular formula is C8H5F5O2. The highest BCUT2D eigenvalue weighted by Gasteiger charge is 2.18. The molecule has 0 heterocycles. The van der Waals surface area contributed by atoms with Crippen molar-refractivity contribution in [2.24, 2.45) is 0 Å². The van der Waals surface area contributed by atoms with Gasteiger partial charge >= 0.3 is 13.2 Å². The van der Waals surface area contributed by atoms with E-state index in [1.54, 1.807) is 0 Å². The van der Waals surface area contributed by atoms with Crippen LogP contribution >= 0.6 is 0 Å². The van der Waals surface area contributed by atoms with Crippen molar-refractivity contribution in [1.82, 2.24) is 0 Å². The zero-order valence-corrected chi connectivity index (χ0v) is 7.09. The van der Waals surface area contributed by atoms with Gasteiger partial charge in [0.25, 0.3) is 0 Å². The third kappa shape index (κ3) is 3.26. The molecule has 1 rings (SSSR count). The molecule has 2 nitrogen and oxygen atoms in total. The van der Waals surface area contributed by atoms with Crippen LogP contribution < -0.4 is 9.47 Å². The summed E-state index contributed by atoms with van der Waals surface area (Å²) in [6.07, 6.45) is 0. The van der Waals surface area contributed by atoms with Crippen molar-refractivity contribution >= 4 is 0 Å². The normalized spacial score (nSPS) is 10.9. The fourth-order valence-corrected chi connectivity index (χ4v) is 0.881. The van der Waals surface area contributed by atoms with Crippen molar-refractivity contribution in [2.45, 2.75) is 13.2 Å². The number of hydrogen-bond acceptors (Lipinski definition) is 2. The summed E-state index contributed by atoms with van der Waals surface area (Å²) in [6, 6.07) is 2.72. The van der Waals surface area contributed by atoms with Gasteiger partial charge in [0.2, 0.25) is 5.75 Å². The second-order valence-corrected chi connectivity index (χ2v) is 2.32. The van der Waals surface area contributed by atoms with Gasteiger partial charge in [-0.05, 0) is 12.1 Å². The van der Waals surface area contributed by atoms with Gasteiger partial charge in [-0.2, -0.15) is 17.6 Å². The van der Waals surface area contributed by atoms with Crippen molar-refractivity contribution in [3.05, 3.63) is 24.0 Å². The predicted molar refractivity (Wildman–Crippen MR) is 39.7 cm³/mol. The molecule has 84 valence electrons. The highest BCUT2D eigenvalue weighted by atomic mass is 19.3.